The van der Waals surface area contributed by atoms with E-state index in [-0.39, 0.29) is 23.9 Å². The minimum atomic E-state index is -0.231. The Bertz CT molecular complexity index is 1190. The van der Waals surface area contributed by atoms with Crippen molar-refractivity contribution in [2.45, 2.75) is 76.4 Å². The molecule has 1 atom stereocenters. The molecule has 0 spiro atoms. The van der Waals surface area contributed by atoms with Crippen LogP contribution in [0.1, 0.15) is 68.6 Å². The van der Waals surface area contributed by atoms with Crippen LogP contribution >= 0.6 is 0 Å². The van der Waals surface area contributed by atoms with Gasteiger partial charge in [-0.15, -0.1) is 0 Å². The van der Waals surface area contributed by atoms with E-state index >= 15 is 0 Å². The number of amides is 2. The van der Waals surface area contributed by atoms with Crippen molar-refractivity contribution in [3.8, 4) is 5.75 Å². The number of carbonyl (C=O) groups is 2. The molecule has 2 N–H and O–H groups in total. The lowest BCUT2D eigenvalue weighted by Gasteiger charge is -2.45. The Morgan fingerprint density at radius 1 is 1.10 bits per heavy atom. The first-order chi connectivity index (χ1) is 18.9. The average molecular weight is 536 g/mol. The van der Waals surface area contributed by atoms with Gasteiger partial charge in [0, 0.05) is 24.7 Å². The molecule has 0 radical (unpaired) electrons. The zero-order chi connectivity index (χ0) is 27.5. The summed E-state index contributed by atoms with van der Waals surface area (Å²) in [4.78, 5) is 41.8. The predicted octanol–water partition coefficient (Wildman–Crippen LogP) is 3.95. The van der Waals surface area contributed by atoms with E-state index in [0.717, 1.165) is 56.7 Å². The van der Waals surface area contributed by atoms with E-state index in [1.54, 1.807) is 37.4 Å². The minimum absolute atomic E-state index is 0.0932. The van der Waals surface area contributed by atoms with Crippen molar-refractivity contribution in [1.29, 1.82) is 0 Å². The van der Waals surface area contributed by atoms with Gasteiger partial charge in [0.1, 0.15) is 17.5 Å². The van der Waals surface area contributed by atoms with Gasteiger partial charge < -0.3 is 30.1 Å². The fourth-order valence-corrected chi connectivity index (χ4v) is 6.10. The third-order valence-electron chi connectivity index (χ3n) is 8.43. The van der Waals surface area contributed by atoms with Gasteiger partial charge in [-0.05, 0) is 70.4 Å². The Morgan fingerprint density at radius 2 is 1.85 bits per heavy atom. The summed E-state index contributed by atoms with van der Waals surface area (Å²) < 4.78 is 5.64. The second-order valence-corrected chi connectivity index (χ2v) is 11.0. The maximum absolute atomic E-state index is 13.2. The quantitative estimate of drug-likeness (QED) is 0.550. The first-order valence-corrected chi connectivity index (χ1v) is 14.3. The molecule has 2 aromatic rings. The number of methoxy groups -OCH3 is 1. The number of likely N-dealkylation sites (N-methyl/N-ethyl adjacent to an activating group) is 1. The Labute approximate surface area is 231 Å². The van der Waals surface area contributed by atoms with Crippen molar-refractivity contribution in [1.82, 2.24) is 20.2 Å². The number of piperidine rings is 1. The van der Waals surface area contributed by atoms with Crippen LogP contribution in [0.25, 0.3) is 0 Å². The number of ether oxygens (including phenoxy) is 1. The molecule has 1 aliphatic carbocycles. The molecule has 3 heterocycles. The van der Waals surface area contributed by atoms with Crippen LogP contribution in [0.3, 0.4) is 0 Å². The number of nitrogens with zero attached hydrogens (tertiary/aromatic N) is 5. The predicted molar refractivity (Wildman–Crippen MR) is 153 cm³/mol. The van der Waals surface area contributed by atoms with Gasteiger partial charge in [-0.3, -0.25) is 9.59 Å². The molecule has 5 rings (SSSR count). The van der Waals surface area contributed by atoms with Gasteiger partial charge in [0.05, 0.1) is 19.0 Å². The fraction of sp³-hybridized carbons (Fsp3) is 0.586. The summed E-state index contributed by atoms with van der Waals surface area (Å²) in [7, 11) is 5.50. The molecular formula is C29H41N7O3. The van der Waals surface area contributed by atoms with E-state index in [4.69, 9.17) is 9.72 Å². The zero-order valence-electron chi connectivity index (χ0n) is 23.6. The smallest absolute Gasteiger partial charge is 0.251 e. The summed E-state index contributed by atoms with van der Waals surface area (Å²) in [5.74, 6) is 1.75. The topological polar surface area (TPSA) is 103 Å². The third-order valence-corrected chi connectivity index (χ3v) is 8.43. The number of hydrogen-bond acceptors (Lipinski definition) is 8. The normalized spacial score (nSPS) is 21.0. The highest BCUT2D eigenvalue weighted by molar-refractivity contribution is 6.04. The first-order valence-electron chi connectivity index (χ1n) is 14.3. The van der Waals surface area contributed by atoms with Crippen molar-refractivity contribution >= 4 is 35.0 Å². The molecule has 10 nitrogen and oxygen atoms in total. The van der Waals surface area contributed by atoms with Crippen LogP contribution in [-0.2, 0) is 4.79 Å². The molecular weight excluding hydrogens is 494 g/mol. The summed E-state index contributed by atoms with van der Waals surface area (Å²) in [6.07, 6.45) is 10.1. The van der Waals surface area contributed by atoms with Crippen LogP contribution in [0.15, 0.2) is 24.4 Å². The summed E-state index contributed by atoms with van der Waals surface area (Å²) in [5, 5.41) is 6.45. The number of anilines is 4. The van der Waals surface area contributed by atoms with Crippen LogP contribution in [-0.4, -0.2) is 79.1 Å². The molecule has 1 aromatic carbocycles. The van der Waals surface area contributed by atoms with Crippen molar-refractivity contribution in [3.63, 3.8) is 0 Å². The highest BCUT2D eigenvalue weighted by atomic mass is 16.5. The van der Waals surface area contributed by atoms with Crippen molar-refractivity contribution in [2.75, 3.05) is 49.4 Å². The maximum atomic E-state index is 13.2. The molecule has 2 fully saturated rings. The number of hydrogen-bond donors (Lipinski definition) is 2. The van der Waals surface area contributed by atoms with Gasteiger partial charge in [0.15, 0.2) is 5.82 Å². The number of nitrogens with one attached hydrogen (secondary N) is 2. The molecule has 3 aliphatic rings. The SMILES string of the molecule is CC[C@@H]1C(=O)N(C)c2cnc(Nc3ccc(C(=O)NC4CCN(C)CC4)cc3OC)nc2N1C1CCCCC1. The standard InChI is InChI=1S/C29H41N7O3/c1-5-23-28(38)35(3)24-18-30-29(33-26(24)36(23)21-9-7-6-8-10-21)32-22-12-11-19(17-25(22)39-4)27(37)31-20-13-15-34(2)16-14-20/h11-12,17-18,20-21,23H,5-10,13-16H2,1-4H3,(H,31,37)(H,30,32,33)/t23-/m1/s1. The molecule has 0 unspecified atom stereocenters. The number of likely N-dealkylation sites (tertiary alicyclic amines) is 1. The molecule has 39 heavy (non-hydrogen) atoms. The van der Waals surface area contributed by atoms with Crippen LogP contribution in [0.2, 0.25) is 0 Å². The van der Waals surface area contributed by atoms with Gasteiger partial charge in [-0.2, -0.15) is 4.98 Å². The number of aromatic nitrogens is 2. The van der Waals surface area contributed by atoms with Crippen LogP contribution in [0, 0.1) is 0 Å². The number of rotatable bonds is 7. The Morgan fingerprint density at radius 3 is 2.54 bits per heavy atom. The van der Waals surface area contributed by atoms with Crippen LogP contribution in [0.5, 0.6) is 5.75 Å². The van der Waals surface area contributed by atoms with Gasteiger partial charge in [-0.25, -0.2) is 4.98 Å². The van der Waals surface area contributed by atoms with E-state index in [1.165, 1.54) is 19.3 Å². The van der Waals surface area contributed by atoms with Crippen molar-refractivity contribution in [2.24, 2.45) is 0 Å². The summed E-state index contributed by atoms with van der Waals surface area (Å²) in [6, 6.07) is 5.62. The van der Waals surface area contributed by atoms with Gasteiger partial charge in [0.25, 0.3) is 5.91 Å². The molecule has 2 amide bonds. The largest absolute Gasteiger partial charge is 0.495 e. The number of carbonyl (C=O) groups excluding carboxylic acids is 2. The summed E-state index contributed by atoms with van der Waals surface area (Å²) in [5.41, 5.74) is 1.95. The van der Waals surface area contributed by atoms with Crippen LogP contribution < -0.4 is 25.2 Å². The van der Waals surface area contributed by atoms with Gasteiger partial charge >= 0.3 is 0 Å². The van der Waals surface area contributed by atoms with Gasteiger partial charge in [0.2, 0.25) is 11.9 Å². The van der Waals surface area contributed by atoms with E-state index in [2.05, 4.69) is 39.4 Å². The molecule has 2 aliphatic heterocycles. The maximum Gasteiger partial charge on any atom is 0.251 e. The number of fused-ring (bicyclic) bond motifs is 1. The molecule has 1 aromatic heterocycles. The lowest BCUT2D eigenvalue weighted by atomic mass is 9.91. The summed E-state index contributed by atoms with van der Waals surface area (Å²) in [6.45, 7) is 4.03. The molecule has 1 saturated carbocycles. The van der Waals surface area contributed by atoms with Crippen LogP contribution in [0.4, 0.5) is 23.1 Å². The molecule has 210 valence electrons. The monoisotopic (exact) mass is 535 g/mol. The molecule has 0 bridgehead atoms. The molecule has 1 saturated heterocycles. The lowest BCUT2D eigenvalue weighted by Crippen LogP contribution is -2.56. The minimum Gasteiger partial charge on any atom is -0.495 e. The van der Waals surface area contributed by atoms with Gasteiger partial charge in [-0.1, -0.05) is 26.2 Å². The van der Waals surface area contributed by atoms with Crippen molar-refractivity contribution in [3.05, 3.63) is 30.0 Å². The van der Waals surface area contributed by atoms with E-state index in [0.29, 0.717) is 29.0 Å². The van der Waals surface area contributed by atoms with Crippen molar-refractivity contribution < 1.29 is 14.3 Å². The number of benzene rings is 1. The Balaban J connectivity index is 1.38. The Kier molecular flexibility index (Phi) is 8.20. The van der Waals surface area contributed by atoms with E-state index < -0.39 is 0 Å². The lowest BCUT2D eigenvalue weighted by molar-refractivity contribution is -0.120. The first kappa shape index (κ1) is 27.2. The Hall–Kier alpha value is -3.40. The second kappa shape index (κ2) is 11.8. The van der Waals surface area contributed by atoms with E-state index in [1.807, 2.05) is 6.07 Å². The highest BCUT2D eigenvalue weighted by Gasteiger charge is 2.40. The third kappa shape index (κ3) is 5.66. The second-order valence-electron chi connectivity index (χ2n) is 11.0. The zero-order valence-corrected chi connectivity index (χ0v) is 23.6. The molecule has 10 heteroatoms. The average Bonchev–Trinajstić information content (AvgIpc) is 2.96. The highest BCUT2D eigenvalue weighted by Crippen LogP contribution is 2.40. The fourth-order valence-electron chi connectivity index (χ4n) is 6.10. The summed E-state index contributed by atoms with van der Waals surface area (Å²) >= 11 is 0. The van der Waals surface area contributed by atoms with E-state index in [9.17, 15) is 9.59 Å².